The summed E-state index contributed by atoms with van der Waals surface area (Å²) in [5.74, 6) is 0.417. The Morgan fingerprint density at radius 3 is 2.34 bits per heavy atom. The Kier molecular flexibility index (Phi) is 6.08. The zero-order chi connectivity index (χ0) is 20.3. The van der Waals surface area contributed by atoms with Crippen molar-refractivity contribution in [3.8, 4) is 5.75 Å². The summed E-state index contributed by atoms with van der Waals surface area (Å²) in [6.45, 7) is 3.48. The maximum absolute atomic E-state index is 13.0. The van der Waals surface area contributed by atoms with Gasteiger partial charge < -0.3 is 14.4 Å². The molecule has 1 aliphatic carbocycles. The number of nitrogens with one attached hydrogen (secondary N) is 1. The summed E-state index contributed by atoms with van der Waals surface area (Å²) in [5.41, 5.74) is 4.37. The summed E-state index contributed by atoms with van der Waals surface area (Å²) in [5, 5.41) is 0. The minimum Gasteiger partial charge on any atom is -0.495 e. The quantitative estimate of drug-likeness (QED) is 0.784. The molecular formula is C22H28N2O4S. The van der Waals surface area contributed by atoms with E-state index in [2.05, 4.69) is 9.62 Å². The molecule has 2 aromatic rings. The molecule has 2 aromatic carbocycles. The number of anilines is 1. The van der Waals surface area contributed by atoms with Crippen molar-refractivity contribution in [2.24, 2.45) is 0 Å². The molecule has 29 heavy (non-hydrogen) atoms. The van der Waals surface area contributed by atoms with Crippen LogP contribution in [0, 0.1) is 0 Å². The van der Waals surface area contributed by atoms with Crippen LogP contribution < -0.4 is 14.4 Å². The van der Waals surface area contributed by atoms with Gasteiger partial charge in [-0.05, 0) is 66.6 Å². The van der Waals surface area contributed by atoms with Gasteiger partial charge in [-0.1, -0.05) is 12.1 Å². The van der Waals surface area contributed by atoms with Crippen molar-refractivity contribution in [1.82, 2.24) is 4.72 Å². The van der Waals surface area contributed by atoms with Crippen molar-refractivity contribution in [3.63, 3.8) is 0 Å². The third-order valence-electron chi connectivity index (χ3n) is 5.70. The lowest BCUT2D eigenvalue weighted by atomic mass is 9.92. The number of benzene rings is 2. The molecule has 1 N–H and O–H groups in total. The third kappa shape index (κ3) is 4.57. The molecule has 2 aliphatic rings. The first-order valence-corrected chi connectivity index (χ1v) is 11.7. The van der Waals surface area contributed by atoms with Crippen LogP contribution in [0.25, 0.3) is 0 Å². The molecule has 0 bridgehead atoms. The Labute approximate surface area is 172 Å². The molecule has 0 atom stereocenters. The van der Waals surface area contributed by atoms with Gasteiger partial charge in [0, 0.05) is 25.3 Å². The fraction of sp³-hybridized carbons (Fsp3) is 0.455. The first-order chi connectivity index (χ1) is 14.1. The third-order valence-corrected chi connectivity index (χ3v) is 7.12. The van der Waals surface area contributed by atoms with Gasteiger partial charge in [0.1, 0.15) is 10.6 Å². The minimum atomic E-state index is -3.67. The van der Waals surface area contributed by atoms with Crippen molar-refractivity contribution < 1.29 is 17.9 Å². The Morgan fingerprint density at radius 1 is 1.03 bits per heavy atom. The lowest BCUT2D eigenvalue weighted by Gasteiger charge is -2.28. The lowest BCUT2D eigenvalue weighted by Crippen LogP contribution is -2.36. The second-order valence-corrected chi connectivity index (χ2v) is 9.30. The molecule has 1 fully saturated rings. The van der Waals surface area contributed by atoms with Gasteiger partial charge in [-0.15, -0.1) is 0 Å². The van der Waals surface area contributed by atoms with Gasteiger partial charge in [0.2, 0.25) is 10.0 Å². The van der Waals surface area contributed by atoms with Gasteiger partial charge in [-0.2, -0.15) is 0 Å². The Balaban J connectivity index is 1.47. The largest absolute Gasteiger partial charge is 0.495 e. The van der Waals surface area contributed by atoms with E-state index in [1.807, 2.05) is 30.3 Å². The molecule has 0 saturated carbocycles. The maximum Gasteiger partial charge on any atom is 0.244 e. The van der Waals surface area contributed by atoms with Crippen LogP contribution >= 0.6 is 0 Å². The van der Waals surface area contributed by atoms with E-state index in [0.29, 0.717) is 5.75 Å². The molecule has 0 unspecified atom stereocenters. The van der Waals surface area contributed by atoms with Crippen molar-refractivity contribution >= 4 is 15.7 Å². The fourth-order valence-electron chi connectivity index (χ4n) is 4.01. The van der Waals surface area contributed by atoms with Gasteiger partial charge in [0.05, 0.1) is 20.3 Å². The first kappa shape index (κ1) is 20.2. The molecule has 0 spiro atoms. The normalized spacial score (nSPS) is 17.1. The van der Waals surface area contributed by atoms with E-state index in [4.69, 9.17) is 9.47 Å². The molecule has 1 saturated heterocycles. The number of ether oxygens (including phenoxy) is 2. The molecule has 4 rings (SSSR count). The molecule has 0 radical (unpaired) electrons. The second-order valence-electron chi connectivity index (χ2n) is 7.57. The molecular weight excluding hydrogens is 388 g/mol. The molecule has 156 valence electrons. The van der Waals surface area contributed by atoms with E-state index < -0.39 is 10.0 Å². The van der Waals surface area contributed by atoms with Crippen molar-refractivity contribution in [3.05, 3.63) is 53.1 Å². The van der Waals surface area contributed by atoms with E-state index in [1.165, 1.54) is 12.7 Å². The Hall–Kier alpha value is -2.09. The fourth-order valence-corrected chi connectivity index (χ4v) is 5.23. The molecule has 1 heterocycles. The van der Waals surface area contributed by atoms with E-state index in [1.54, 1.807) is 6.07 Å². The van der Waals surface area contributed by atoms with Crippen molar-refractivity contribution in [2.45, 2.75) is 37.1 Å². The SMILES string of the molecule is COc1cc2c(cc1S(=O)(=O)NCc1ccc(N3CCOCC3)cc1)CCCC2. The highest BCUT2D eigenvalue weighted by Gasteiger charge is 2.23. The zero-order valence-corrected chi connectivity index (χ0v) is 17.6. The number of hydrogen-bond acceptors (Lipinski definition) is 5. The topological polar surface area (TPSA) is 67.9 Å². The number of hydrogen-bond donors (Lipinski definition) is 1. The lowest BCUT2D eigenvalue weighted by molar-refractivity contribution is 0.122. The van der Waals surface area contributed by atoms with E-state index in [-0.39, 0.29) is 11.4 Å². The number of rotatable bonds is 6. The number of fused-ring (bicyclic) bond motifs is 1. The smallest absolute Gasteiger partial charge is 0.244 e. The highest BCUT2D eigenvalue weighted by atomic mass is 32.2. The van der Waals surface area contributed by atoms with Crippen LogP contribution in [-0.4, -0.2) is 41.8 Å². The average molecular weight is 417 g/mol. The van der Waals surface area contributed by atoms with Crippen molar-refractivity contribution in [1.29, 1.82) is 0 Å². The summed E-state index contributed by atoms with van der Waals surface area (Å²) in [6.07, 6.45) is 4.14. The van der Waals surface area contributed by atoms with Gasteiger partial charge >= 0.3 is 0 Å². The van der Waals surface area contributed by atoms with Crippen LogP contribution in [0.3, 0.4) is 0 Å². The number of aryl methyl sites for hydroxylation is 2. The molecule has 7 heteroatoms. The number of sulfonamides is 1. The van der Waals surface area contributed by atoms with E-state index in [0.717, 1.165) is 68.8 Å². The minimum absolute atomic E-state index is 0.227. The Morgan fingerprint density at radius 2 is 1.69 bits per heavy atom. The summed E-state index contributed by atoms with van der Waals surface area (Å²) < 4.78 is 39.5. The summed E-state index contributed by atoms with van der Waals surface area (Å²) >= 11 is 0. The average Bonchev–Trinajstić information content (AvgIpc) is 2.78. The number of methoxy groups -OCH3 is 1. The van der Waals surface area contributed by atoms with Crippen LogP contribution in [0.5, 0.6) is 5.75 Å². The monoisotopic (exact) mass is 416 g/mol. The number of nitrogens with zero attached hydrogens (tertiary/aromatic N) is 1. The van der Waals surface area contributed by atoms with Crippen molar-refractivity contribution in [2.75, 3.05) is 38.3 Å². The highest BCUT2D eigenvalue weighted by molar-refractivity contribution is 7.89. The predicted octanol–water partition coefficient (Wildman–Crippen LogP) is 2.89. The van der Waals surface area contributed by atoms with Gasteiger partial charge in [-0.3, -0.25) is 0 Å². The van der Waals surface area contributed by atoms with Crippen LogP contribution in [0.15, 0.2) is 41.3 Å². The second kappa shape index (κ2) is 8.73. The van der Waals surface area contributed by atoms with Gasteiger partial charge in [-0.25, -0.2) is 13.1 Å². The highest BCUT2D eigenvalue weighted by Crippen LogP contribution is 2.32. The van der Waals surface area contributed by atoms with Crippen LogP contribution in [0.2, 0.25) is 0 Å². The van der Waals surface area contributed by atoms with Gasteiger partial charge in [0.15, 0.2) is 0 Å². The standard InChI is InChI=1S/C22H28N2O4S/c1-27-21-14-18-4-2-3-5-19(18)15-22(21)29(25,26)23-16-17-6-8-20(9-7-17)24-10-12-28-13-11-24/h6-9,14-15,23H,2-5,10-13,16H2,1H3. The van der Waals surface area contributed by atoms with Crippen LogP contribution in [-0.2, 0) is 34.1 Å². The van der Waals surface area contributed by atoms with Gasteiger partial charge in [0.25, 0.3) is 0 Å². The molecule has 0 amide bonds. The molecule has 1 aliphatic heterocycles. The summed E-state index contributed by atoms with van der Waals surface area (Å²) in [6, 6.07) is 11.7. The first-order valence-electron chi connectivity index (χ1n) is 10.2. The van der Waals surface area contributed by atoms with Crippen LogP contribution in [0.4, 0.5) is 5.69 Å². The van der Waals surface area contributed by atoms with E-state index in [9.17, 15) is 8.42 Å². The Bertz CT molecular complexity index is 952. The predicted molar refractivity (Wildman–Crippen MR) is 113 cm³/mol. The molecule has 0 aromatic heterocycles. The summed E-state index contributed by atoms with van der Waals surface area (Å²) in [7, 11) is -2.15. The van der Waals surface area contributed by atoms with Crippen LogP contribution in [0.1, 0.15) is 29.5 Å². The zero-order valence-electron chi connectivity index (χ0n) is 16.8. The maximum atomic E-state index is 13.0. The summed E-state index contributed by atoms with van der Waals surface area (Å²) in [4.78, 5) is 2.50. The molecule has 6 nitrogen and oxygen atoms in total. The van der Waals surface area contributed by atoms with E-state index >= 15 is 0 Å². The number of morpholine rings is 1.